The lowest BCUT2D eigenvalue weighted by molar-refractivity contribution is -0.137. The third-order valence-electron chi connectivity index (χ3n) is 3.56. The number of hydrogen-bond acceptors (Lipinski definition) is 4. The fraction of sp³-hybridized carbons (Fsp3) is 0.105. The molecule has 3 aromatic rings. The van der Waals surface area contributed by atoms with E-state index in [-0.39, 0.29) is 11.8 Å². The van der Waals surface area contributed by atoms with Gasteiger partial charge in [0.05, 0.1) is 5.56 Å². The molecule has 1 amide bonds. The Morgan fingerprint density at radius 3 is 2.37 bits per heavy atom. The van der Waals surface area contributed by atoms with E-state index < -0.39 is 11.7 Å². The first-order valence-electron chi connectivity index (χ1n) is 7.86. The van der Waals surface area contributed by atoms with E-state index in [0.29, 0.717) is 23.3 Å². The topological polar surface area (TPSA) is 64.1 Å². The number of amides is 1. The van der Waals surface area contributed by atoms with Crippen molar-refractivity contribution < 1.29 is 22.7 Å². The van der Waals surface area contributed by atoms with Crippen LogP contribution in [0.5, 0.6) is 11.6 Å². The Balaban J connectivity index is 1.65. The number of aromatic nitrogens is 2. The highest BCUT2D eigenvalue weighted by atomic mass is 19.4. The van der Waals surface area contributed by atoms with Gasteiger partial charge in [0.1, 0.15) is 11.6 Å². The molecule has 0 aliphatic heterocycles. The molecule has 1 aromatic carbocycles. The lowest BCUT2D eigenvalue weighted by Gasteiger charge is -2.09. The predicted octanol–water partition coefficient (Wildman–Crippen LogP) is 4.85. The van der Waals surface area contributed by atoms with Crippen molar-refractivity contribution in [3.05, 3.63) is 77.6 Å². The number of carbonyl (C=O) groups excluding carboxylic acids is 1. The maximum absolute atomic E-state index is 12.5. The van der Waals surface area contributed by atoms with Gasteiger partial charge in [0.15, 0.2) is 0 Å². The van der Waals surface area contributed by atoms with E-state index >= 15 is 0 Å². The summed E-state index contributed by atoms with van der Waals surface area (Å²) in [6.45, 7) is 1.89. The van der Waals surface area contributed by atoms with Crippen LogP contribution in [-0.2, 0) is 6.18 Å². The zero-order valence-corrected chi connectivity index (χ0v) is 14.1. The number of ether oxygens (including phenoxy) is 1. The van der Waals surface area contributed by atoms with Crippen molar-refractivity contribution >= 4 is 11.7 Å². The maximum atomic E-state index is 12.5. The van der Waals surface area contributed by atoms with Gasteiger partial charge in [-0.05, 0) is 55.0 Å². The van der Waals surface area contributed by atoms with Crippen LogP contribution >= 0.6 is 0 Å². The highest BCUT2D eigenvalue weighted by Gasteiger charge is 2.30. The maximum Gasteiger partial charge on any atom is 0.417 e. The SMILES string of the molecule is Cc1ccnc(NC(=O)c2ccc(Oc3ccc(C(F)(F)F)cn3)cc2)c1. The molecule has 0 bridgehead atoms. The van der Waals surface area contributed by atoms with Gasteiger partial charge in [-0.2, -0.15) is 13.2 Å². The number of rotatable bonds is 4. The number of halogens is 3. The van der Waals surface area contributed by atoms with Crippen molar-refractivity contribution in [2.45, 2.75) is 13.1 Å². The van der Waals surface area contributed by atoms with E-state index in [4.69, 9.17) is 4.74 Å². The normalized spacial score (nSPS) is 11.1. The van der Waals surface area contributed by atoms with Gasteiger partial charge in [-0.3, -0.25) is 4.79 Å². The van der Waals surface area contributed by atoms with Crippen LogP contribution in [0, 0.1) is 6.92 Å². The Kier molecular flexibility index (Phi) is 5.07. The summed E-state index contributed by atoms with van der Waals surface area (Å²) in [5.41, 5.74) is 0.491. The van der Waals surface area contributed by atoms with E-state index in [0.717, 1.165) is 17.7 Å². The number of anilines is 1. The number of pyridine rings is 2. The summed E-state index contributed by atoms with van der Waals surface area (Å²) in [5.74, 6) is 0.457. The molecule has 0 radical (unpaired) electrons. The molecule has 2 aromatic heterocycles. The lowest BCUT2D eigenvalue weighted by atomic mass is 10.2. The second-order valence-corrected chi connectivity index (χ2v) is 5.68. The molecule has 0 aliphatic carbocycles. The van der Waals surface area contributed by atoms with Crippen molar-refractivity contribution in [2.75, 3.05) is 5.32 Å². The average Bonchev–Trinajstić information content (AvgIpc) is 2.62. The van der Waals surface area contributed by atoms with E-state index in [9.17, 15) is 18.0 Å². The van der Waals surface area contributed by atoms with Gasteiger partial charge in [0.2, 0.25) is 5.88 Å². The molecule has 0 atom stereocenters. The lowest BCUT2D eigenvalue weighted by Crippen LogP contribution is -2.12. The minimum absolute atomic E-state index is 0.0177. The average molecular weight is 373 g/mol. The van der Waals surface area contributed by atoms with Crippen LogP contribution in [-0.4, -0.2) is 15.9 Å². The predicted molar refractivity (Wildman–Crippen MR) is 92.7 cm³/mol. The molecule has 8 heteroatoms. The van der Waals surface area contributed by atoms with Crippen molar-refractivity contribution in [3.63, 3.8) is 0 Å². The molecule has 3 rings (SSSR count). The van der Waals surface area contributed by atoms with Gasteiger partial charge in [-0.15, -0.1) is 0 Å². The molecule has 0 saturated carbocycles. The van der Waals surface area contributed by atoms with Crippen LogP contribution in [0.1, 0.15) is 21.5 Å². The van der Waals surface area contributed by atoms with Crippen LogP contribution in [0.25, 0.3) is 0 Å². The Morgan fingerprint density at radius 2 is 1.78 bits per heavy atom. The molecule has 2 heterocycles. The molecule has 0 unspecified atom stereocenters. The minimum Gasteiger partial charge on any atom is -0.439 e. The van der Waals surface area contributed by atoms with E-state index in [2.05, 4.69) is 15.3 Å². The van der Waals surface area contributed by atoms with E-state index in [1.165, 1.54) is 24.3 Å². The third-order valence-corrected chi connectivity index (χ3v) is 3.56. The molecule has 27 heavy (non-hydrogen) atoms. The molecule has 1 N–H and O–H groups in total. The monoisotopic (exact) mass is 373 g/mol. The Bertz CT molecular complexity index is 940. The zero-order chi connectivity index (χ0) is 19.4. The van der Waals surface area contributed by atoms with Gasteiger partial charge in [-0.1, -0.05) is 0 Å². The van der Waals surface area contributed by atoms with Gasteiger partial charge < -0.3 is 10.1 Å². The smallest absolute Gasteiger partial charge is 0.417 e. The Morgan fingerprint density at radius 1 is 1.04 bits per heavy atom. The molecular weight excluding hydrogens is 359 g/mol. The second-order valence-electron chi connectivity index (χ2n) is 5.68. The molecule has 0 spiro atoms. The highest BCUT2D eigenvalue weighted by molar-refractivity contribution is 6.03. The molecular formula is C19H14F3N3O2. The quantitative estimate of drug-likeness (QED) is 0.710. The number of carbonyl (C=O) groups is 1. The molecule has 0 aliphatic rings. The number of benzene rings is 1. The summed E-state index contributed by atoms with van der Waals surface area (Å²) in [6, 6.07) is 11.7. The molecule has 138 valence electrons. The van der Waals surface area contributed by atoms with Crippen LogP contribution in [0.2, 0.25) is 0 Å². The van der Waals surface area contributed by atoms with Crippen LogP contribution in [0.3, 0.4) is 0 Å². The number of hydrogen-bond donors (Lipinski definition) is 1. The summed E-state index contributed by atoms with van der Waals surface area (Å²) in [5, 5.41) is 2.68. The fourth-order valence-electron chi connectivity index (χ4n) is 2.20. The first-order valence-corrected chi connectivity index (χ1v) is 7.86. The van der Waals surface area contributed by atoms with Crippen molar-refractivity contribution in [2.24, 2.45) is 0 Å². The standard InChI is InChI=1S/C19H14F3N3O2/c1-12-8-9-23-16(10-12)25-18(26)13-2-5-15(6-3-13)27-17-7-4-14(11-24-17)19(20,21)22/h2-11H,1H3,(H,23,25,26). The minimum atomic E-state index is -4.45. The molecule has 0 saturated heterocycles. The summed E-state index contributed by atoms with van der Waals surface area (Å²) >= 11 is 0. The van der Waals surface area contributed by atoms with Gasteiger partial charge in [0, 0.05) is 24.0 Å². The van der Waals surface area contributed by atoms with Crippen LogP contribution in [0.4, 0.5) is 19.0 Å². The second kappa shape index (κ2) is 7.45. The van der Waals surface area contributed by atoms with Crippen LogP contribution < -0.4 is 10.1 Å². The first-order chi connectivity index (χ1) is 12.8. The Labute approximate surface area is 152 Å². The zero-order valence-electron chi connectivity index (χ0n) is 14.1. The van der Waals surface area contributed by atoms with Crippen molar-refractivity contribution in [1.29, 1.82) is 0 Å². The third kappa shape index (κ3) is 4.81. The number of aryl methyl sites for hydroxylation is 1. The van der Waals surface area contributed by atoms with Crippen molar-refractivity contribution in [1.82, 2.24) is 9.97 Å². The highest BCUT2D eigenvalue weighted by Crippen LogP contribution is 2.30. The van der Waals surface area contributed by atoms with Gasteiger partial charge in [0.25, 0.3) is 5.91 Å². The number of nitrogens with one attached hydrogen (secondary N) is 1. The van der Waals surface area contributed by atoms with E-state index in [1.807, 2.05) is 13.0 Å². The van der Waals surface area contributed by atoms with E-state index in [1.54, 1.807) is 12.3 Å². The number of alkyl halides is 3. The summed E-state index contributed by atoms with van der Waals surface area (Å²) in [4.78, 5) is 19.9. The molecule has 0 fully saturated rings. The first kappa shape index (κ1) is 18.4. The van der Waals surface area contributed by atoms with Crippen molar-refractivity contribution in [3.8, 4) is 11.6 Å². The molecule has 5 nitrogen and oxygen atoms in total. The Hall–Kier alpha value is -3.42. The summed E-state index contributed by atoms with van der Waals surface area (Å²) in [6.07, 6.45) is -2.16. The number of nitrogens with zero attached hydrogens (tertiary/aromatic N) is 2. The summed E-state index contributed by atoms with van der Waals surface area (Å²) in [7, 11) is 0. The van der Waals surface area contributed by atoms with Gasteiger partial charge in [-0.25, -0.2) is 9.97 Å². The fourth-order valence-corrected chi connectivity index (χ4v) is 2.20. The van der Waals surface area contributed by atoms with Gasteiger partial charge >= 0.3 is 6.18 Å². The van der Waals surface area contributed by atoms with Crippen LogP contribution in [0.15, 0.2) is 60.9 Å². The largest absolute Gasteiger partial charge is 0.439 e. The summed E-state index contributed by atoms with van der Waals surface area (Å²) < 4.78 is 43.0.